The van der Waals surface area contributed by atoms with Gasteiger partial charge in [-0.1, -0.05) is 6.42 Å². The lowest BCUT2D eigenvalue weighted by Crippen LogP contribution is -2.26. The number of hydrogen-bond acceptors (Lipinski definition) is 5. The molecule has 88 valence electrons. The fraction of sp³-hybridized carbons (Fsp3) is 0.636. The van der Waals surface area contributed by atoms with Gasteiger partial charge in [0.25, 0.3) is 0 Å². The largest absolute Gasteiger partial charge is 0.465 e. The first-order valence-electron chi connectivity index (χ1n) is 5.51. The predicted molar refractivity (Wildman–Crippen MR) is 62.8 cm³/mol. The van der Waals surface area contributed by atoms with Crippen molar-refractivity contribution in [1.82, 2.24) is 10.3 Å². The summed E-state index contributed by atoms with van der Waals surface area (Å²) in [5, 5.41) is 4.44. The van der Waals surface area contributed by atoms with Crippen LogP contribution in [0.5, 0.6) is 0 Å². The highest BCUT2D eigenvalue weighted by atomic mass is 32.1. The molecule has 2 rings (SSSR count). The number of nitrogens with one attached hydrogen (secondary N) is 1. The Bertz CT molecular complexity index is 383. The van der Waals surface area contributed by atoms with Crippen LogP contribution in [0.2, 0.25) is 0 Å². The van der Waals surface area contributed by atoms with E-state index in [4.69, 9.17) is 4.74 Å². The van der Waals surface area contributed by atoms with E-state index in [1.807, 2.05) is 6.92 Å². The van der Waals surface area contributed by atoms with E-state index in [9.17, 15) is 4.79 Å². The Morgan fingerprint density at radius 2 is 2.38 bits per heavy atom. The monoisotopic (exact) mass is 240 g/mol. The zero-order valence-electron chi connectivity index (χ0n) is 9.58. The number of piperidine rings is 1. The second kappa shape index (κ2) is 4.93. The lowest BCUT2D eigenvalue weighted by Gasteiger charge is -2.21. The molecule has 0 radical (unpaired) electrons. The first kappa shape index (κ1) is 11.5. The van der Waals surface area contributed by atoms with Crippen LogP contribution >= 0.6 is 11.3 Å². The molecule has 4 nitrogen and oxygen atoms in total. The fourth-order valence-electron chi connectivity index (χ4n) is 1.91. The minimum absolute atomic E-state index is 0.281. The Hall–Kier alpha value is -0.940. The van der Waals surface area contributed by atoms with Gasteiger partial charge in [0.1, 0.15) is 9.88 Å². The van der Waals surface area contributed by atoms with Crippen LogP contribution in [0.4, 0.5) is 0 Å². The van der Waals surface area contributed by atoms with Gasteiger partial charge in [-0.3, -0.25) is 0 Å². The number of methoxy groups -OCH3 is 1. The zero-order chi connectivity index (χ0) is 11.5. The molecule has 0 unspecified atom stereocenters. The second-order valence-corrected chi connectivity index (χ2v) is 4.99. The van der Waals surface area contributed by atoms with E-state index in [1.54, 1.807) is 0 Å². The van der Waals surface area contributed by atoms with Crippen molar-refractivity contribution in [2.75, 3.05) is 13.7 Å². The molecule has 5 heteroatoms. The van der Waals surface area contributed by atoms with Crippen molar-refractivity contribution in [3.05, 3.63) is 15.6 Å². The topological polar surface area (TPSA) is 51.2 Å². The van der Waals surface area contributed by atoms with Gasteiger partial charge in [-0.05, 0) is 26.3 Å². The van der Waals surface area contributed by atoms with Gasteiger partial charge in [0.2, 0.25) is 0 Å². The van der Waals surface area contributed by atoms with Gasteiger partial charge in [-0.2, -0.15) is 0 Å². The summed E-state index contributed by atoms with van der Waals surface area (Å²) >= 11 is 1.45. The number of carbonyl (C=O) groups is 1. The van der Waals surface area contributed by atoms with Crippen LogP contribution in [0.1, 0.15) is 45.7 Å². The van der Waals surface area contributed by atoms with Gasteiger partial charge in [-0.15, -0.1) is 11.3 Å². The minimum atomic E-state index is -0.281. The fourth-order valence-corrected chi connectivity index (χ4v) is 3.01. The molecule has 1 fully saturated rings. The average Bonchev–Trinajstić information content (AvgIpc) is 2.71. The maximum atomic E-state index is 11.5. The molecule has 1 saturated heterocycles. The number of nitrogens with zero attached hydrogens (tertiary/aromatic N) is 1. The highest BCUT2D eigenvalue weighted by molar-refractivity contribution is 7.13. The third-order valence-corrected chi connectivity index (χ3v) is 4.04. The molecule has 16 heavy (non-hydrogen) atoms. The van der Waals surface area contributed by atoms with Gasteiger partial charge in [0.15, 0.2) is 0 Å². The lowest BCUT2D eigenvalue weighted by molar-refractivity contribution is 0.0605. The molecule has 1 aromatic rings. The Kier molecular flexibility index (Phi) is 3.56. The molecule has 1 N–H and O–H groups in total. The van der Waals surface area contributed by atoms with Crippen molar-refractivity contribution in [2.45, 2.75) is 32.2 Å². The molecule has 0 aromatic carbocycles. The first-order valence-corrected chi connectivity index (χ1v) is 6.33. The van der Waals surface area contributed by atoms with Crippen molar-refractivity contribution in [3.8, 4) is 0 Å². The normalized spacial score (nSPS) is 20.8. The highest BCUT2D eigenvalue weighted by Gasteiger charge is 2.22. The van der Waals surface area contributed by atoms with Crippen LogP contribution in [0, 0.1) is 6.92 Å². The van der Waals surface area contributed by atoms with Gasteiger partial charge in [0, 0.05) is 0 Å². The molecule has 0 spiro atoms. The third kappa shape index (κ3) is 2.25. The Labute approximate surface area is 99.0 Å². The number of carbonyl (C=O) groups excluding carboxylic acids is 1. The minimum Gasteiger partial charge on any atom is -0.465 e. The smallest absolute Gasteiger partial charge is 0.349 e. The number of aromatic nitrogens is 1. The molecule has 0 aliphatic carbocycles. The molecule has 0 bridgehead atoms. The summed E-state index contributed by atoms with van der Waals surface area (Å²) < 4.78 is 4.73. The lowest BCUT2D eigenvalue weighted by atomic mass is 10.1. The number of hydrogen-bond donors (Lipinski definition) is 1. The summed E-state index contributed by atoms with van der Waals surface area (Å²) in [5.41, 5.74) is 0.777. The van der Waals surface area contributed by atoms with E-state index in [1.165, 1.54) is 31.3 Å². The van der Waals surface area contributed by atoms with Crippen LogP contribution in [-0.4, -0.2) is 24.6 Å². The highest BCUT2D eigenvalue weighted by Crippen LogP contribution is 2.29. The summed E-state index contributed by atoms with van der Waals surface area (Å²) in [6.07, 6.45) is 3.56. The van der Waals surface area contributed by atoms with Crippen molar-refractivity contribution in [2.24, 2.45) is 0 Å². The SMILES string of the molecule is COC(=O)c1sc([C@H]2CCCCN2)nc1C. The predicted octanol–water partition coefficient (Wildman–Crippen LogP) is 2.05. The average molecular weight is 240 g/mol. The van der Waals surface area contributed by atoms with Crippen molar-refractivity contribution in [1.29, 1.82) is 0 Å². The molecule has 1 aliphatic rings. The number of rotatable bonds is 2. The van der Waals surface area contributed by atoms with E-state index < -0.39 is 0 Å². The van der Waals surface area contributed by atoms with E-state index in [0.717, 1.165) is 23.7 Å². The van der Waals surface area contributed by atoms with Gasteiger partial charge in [0.05, 0.1) is 18.8 Å². The van der Waals surface area contributed by atoms with Crippen LogP contribution in [0.15, 0.2) is 0 Å². The maximum absolute atomic E-state index is 11.5. The van der Waals surface area contributed by atoms with Crippen LogP contribution in [0.25, 0.3) is 0 Å². The van der Waals surface area contributed by atoms with Gasteiger partial charge < -0.3 is 10.1 Å². The van der Waals surface area contributed by atoms with Crippen LogP contribution in [-0.2, 0) is 4.74 Å². The number of ether oxygens (including phenoxy) is 1. The summed E-state index contributed by atoms with van der Waals surface area (Å²) in [4.78, 5) is 16.5. The Morgan fingerprint density at radius 3 is 3.00 bits per heavy atom. The maximum Gasteiger partial charge on any atom is 0.349 e. The van der Waals surface area contributed by atoms with Crippen LogP contribution < -0.4 is 5.32 Å². The van der Waals surface area contributed by atoms with Crippen molar-refractivity contribution in [3.63, 3.8) is 0 Å². The number of aryl methyl sites for hydroxylation is 1. The van der Waals surface area contributed by atoms with E-state index in [2.05, 4.69) is 10.3 Å². The standard InChI is InChI=1S/C11H16N2O2S/c1-7-9(11(14)15-2)16-10(13-7)8-5-3-4-6-12-8/h8,12H,3-6H2,1-2H3/t8-/m1/s1. The molecule has 1 aliphatic heterocycles. The number of thiazole rings is 1. The summed E-state index contributed by atoms with van der Waals surface area (Å²) in [6, 6.07) is 0.316. The van der Waals surface area contributed by atoms with E-state index in [-0.39, 0.29) is 5.97 Å². The van der Waals surface area contributed by atoms with Crippen molar-refractivity contribution < 1.29 is 9.53 Å². The Morgan fingerprint density at radius 1 is 1.56 bits per heavy atom. The third-order valence-electron chi connectivity index (χ3n) is 2.79. The summed E-state index contributed by atoms with van der Waals surface area (Å²) in [6.45, 7) is 2.89. The molecule has 1 atom stereocenters. The van der Waals surface area contributed by atoms with E-state index in [0.29, 0.717) is 10.9 Å². The summed E-state index contributed by atoms with van der Waals surface area (Å²) in [7, 11) is 1.40. The van der Waals surface area contributed by atoms with Gasteiger partial charge in [-0.25, -0.2) is 9.78 Å². The number of esters is 1. The molecule has 0 saturated carbocycles. The quantitative estimate of drug-likeness (QED) is 0.804. The molecular weight excluding hydrogens is 224 g/mol. The molecule has 2 heterocycles. The van der Waals surface area contributed by atoms with Gasteiger partial charge >= 0.3 is 5.97 Å². The zero-order valence-corrected chi connectivity index (χ0v) is 10.4. The molecule has 1 aromatic heterocycles. The first-order chi connectivity index (χ1) is 7.72. The molecular formula is C11H16N2O2S. The Balaban J connectivity index is 2.19. The van der Waals surface area contributed by atoms with E-state index >= 15 is 0 Å². The van der Waals surface area contributed by atoms with Crippen LogP contribution in [0.3, 0.4) is 0 Å². The second-order valence-electron chi connectivity index (χ2n) is 3.96. The summed E-state index contributed by atoms with van der Waals surface area (Å²) in [5.74, 6) is -0.281. The molecule has 0 amide bonds. The van der Waals surface area contributed by atoms with Crippen molar-refractivity contribution >= 4 is 17.3 Å².